The van der Waals surface area contributed by atoms with E-state index in [0.717, 1.165) is 10.8 Å². The lowest BCUT2D eigenvalue weighted by Crippen LogP contribution is -2.23. The number of rotatable bonds is 5. The van der Waals surface area contributed by atoms with Gasteiger partial charge in [-0.3, -0.25) is 14.2 Å². The van der Waals surface area contributed by atoms with Gasteiger partial charge in [-0.15, -0.1) is 0 Å². The van der Waals surface area contributed by atoms with E-state index in [9.17, 15) is 14.9 Å². The zero-order chi connectivity index (χ0) is 22.0. The van der Waals surface area contributed by atoms with Gasteiger partial charge in [-0.2, -0.15) is 5.26 Å². The van der Waals surface area contributed by atoms with E-state index in [1.807, 2.05) is 49.4 Å². The van der Waals surface area contributed by atoms with Crippen molar-refractivity contribution in [1.29, 1.82) is 5.26 Å². The lowest BCUT2D eigenvalue weighted by atomic mass is 10.1. The van der Waals surface area contributed by atoms with Crippen LogP contribution in [0.4, 0.5) is 5.69 Å². The second kappa shape index (κ2) is 8.80. The lowest BCUT2D eigenvalue weighted by Gasteiger charge is -2.12. The van der Waals surface area contributed by atoms with Gasteiger partial charge in [0.1, 0.15) is 6.07 Å². The van der Waals surface area contributed by atoms with Crippen molar-refractivity contribution < 1.29 is 4.79 Å². The Morgan fingerprint density at radius 3 is 2.65 bits per heavy atom. The van der Waals surface area contributed by atoms with Crippen molar-refractivity contribution in [3.8, 4) is 6.07 Å². The van der Waals surface area contributed by atoms with Gasteiger partial charge in [0, 0.05) is 11.6 Å². The highest BCUT2D eigenvalue weighted by Gasteiger charge is 2.14. The van der Waals surface area contributed by atoms with Gasteiger partial charge in [-0.25, -0.2) is 4.98 Å². The number of carbonyl (C=O) groups is 1. The van der Waals surface area contributed by atoms with Gasteiger partial charge in [0.15, 0.2) is 5.16 Å². The number of nitrogens with one attached hydrogen (secondary N) is 1. The topological polar surface area (TPSA) is 87.8 Å². The molecule has 0 radical (unpaired) electrons. The Kier molecular flexibility index (Phi) is 5.94. The minimum absolute atomic E-state index is 0.0307. The third kappa shape index (κ3) is 4.26. The number of benzene rings is 3. The van der Waals surface area contributed by atoms with E-state index in [4.69, 9.17) is 11.6 Å². The monoisotopic (exact) mass is 448 g/mol. The Labute approximate surface area is 187 Å². The van der Waals surface area contributed by atoms with Gasteiger partial charge in [-0.1, -0.05) is 47.6 Å². The van der Waals surface area contributed by atoms with E-state index in [1.54, 1.807) is 16.7 Å². The molecular weight excluding hydrogens is 432 g/mol. The zero-order valence-electron chi connectivity index (χ0n) is 16.6. The second-order valence-electron chi connectivity index (χ2n) is 6.80. The second-order valence-corrected chi connectivity index (χ2v) is 8.18. The molecular formula is C23H17ClN4O2S. The molecule has 0 aliphatic rings. The van der Waals surface area contributed by atoms with Crippen molar-refractivity contribution >= 4 is 56.6 Å². The summed E-state index contributed by atoms with van der Waals surface area (Å²) in [5.74, 6) is -0.289. The predicted molar refractivity (Wildman–Crippen MR) is 125 cm³/mol. The molecule has 6 nitrogen and oxygen atoms in total. The minimum atomic E-state index is -0.320. The fourth-order valence-electron chi connectivity index (χ4n) is 3.31. The minimum Gasteiger partial charge on any atom is -0.324 e. The standard InChI is InChI=1S/C23H17ClN4O2S/c1-2-28-22(30)18-9-14-5-3-4-6-15(14)10-20(18)27-23(28)31-13-21(29)26-19-11-17(24)8-7-16(19)12-25/h3-11H,2,13H2,1H3,(H,26,29). The molecule has 0 bridgehead atoms. The molecule has 4 rings (SSSR count). The van der Waals surface area contributed by atoms with Gasteiger partial charge < -0.3 is 5.32 Å². The van der Waals surface area contributed by atoms with Crippen LogP contribution in [0, 0.1) is 11.3 Å². The van der Waals surface area contributed by atoms with Crippen molar-refractivity contribution in [1.82, 2.24) is 9.55 Å². The fraction of sp³-hybridized carbons (Fsp3) is 0.130. The van der Waals surface area contributed by atoms with Gasteiger partial charge in [0.25, 0.3) is 5.56 Å². The summed E-state index contributed by atoms with van der Waals surface area (Å²) in [6, 6.07) is 18.2. The van der Waals surface area contributed by atoms with E-state index in [2.05, 4.69) is 10.3 Å². The smallest absolute Gasteiger partial charge is 0.262 e. The van der Waals surface area contributed by atoms with Crippen LogP contribution in [0.1, 0.15) is 12.5 Å². The van der Waals surface area contributed by atoms with Crippen LogP contribution >= 0.6 is 23.4 Å². The molecule has 1 N–H and O–H groups in total. The number of fused-ring (bicyclic) bond motifs is 2. The van der Waals surface area contributed by atoms with Crippen LogP contribution in [0.2, 0.25) is 5.02 Å². The summed E-state index contributed by atoms with van der Waals surface area (Å²) in [6.45, 7) is 2.30. The summed E-state index contributed by atoms with van der Waals surface area (Å²) < 4.78 is 1.56. The Bertz CT molecular complexity index is 1430. The van der Waals surface area contributed by atoms with Crippen molar-refractivity contribution in [3.63, 3.8) is 0 Å². The Morgan fingerprint density at radius 1 is 1.19 bits per heavy atom. The maximum absolute atomic E-state index is 13.0. The number of nitrogens with zero attached hydrogens (tertiary/aromatic N) is 3. The number of halogens is 1. The largest absolute Gasteiger partial charge is 0.324 e. The van der Waals surface area contributed by atoms with Gasteiger partial charge in [0.2, 0.25) is 5.91 Å². The van der Waals surface area contributed by atoms with Crippen molar-refractivity contribution in [2.75, 3.05) is 11.1 Å². The highest BCUT2D eigenvalue weighted by molar-refractivity contribution is 7.99. The van der Waals surface area contributed by atoms with E-state index in [1.165, 1.54) is 17.8 Å². The molecule has 0 saturated carbocycles. The van der Waals surface area contributed by atoms with Crippen LogP contribution in [0.3, 0.4) is 0 Å². The molecule has 1 amide bonds. The molecule has 31 heavy (non-hydrogen) atoms. The first-order valence-corrected chi connectivity index (χ1v) is 10.9. The molecule has 0 fully saturated rings. The third-order valence-electron chi connectivity index (χ3n) is 4.81. The average molecular weight is 449 g/mol. The number of anilines is 1. The number of aromatic nitrogens is 2. The van der Waals surface area contributed by atoms with Gasteiger partial charge in [-0.05, 0) is 48.0 Å². The molecule has 0 unspecified atom stereocenters. The van der Waals surface area contributed by atoms with Crippen molar-refractivity contribution in [2.24, 2.45) is 0 Å². The predicted octanol–water partition coefficient (Wildman–Crippen LogP) is 4.83. The number of hydrogen-bond donors (Lipinski definition) is 1. The lowest BCUT2D eigenvalue weighted by molar-refractivity contribution is -0.113. The van der Waals surface area contributed by atoms with Crippen LogP contribution in [0.25, 0.3) is 21.7 Å². The van der Waals surface area contributed by atoms with Gasteiger partial charge in [0.05, 0.1) is 27.9 Å². The molecule has 1 aromatic heterocycles. The maximum Gasteiger partial charge on any atom is 0.262 e. The molecule has 0 aliphatic carbocycles. The summed E-state index contributed by atoms with van der Waals surface area (Å²) in [5.41, 5.74) is 1.14. The number of thioether (sulfide) groups is 1. The third-order valence-corrected chi connectivity index (χ3v) is 6.02. The average Bonchev–Trinajstić information content (AvgIpc) is 2.77. The van der Waals surface area contributed by atoms with Crippen molar-refractivity contribution in [2.45, 2.75) is 18.6 Å². The molecule has 0 saturated heterocycles. The van der Waals surface area contributed by atoms with Crippen LogP contribution in [-0.4, -0.2) is 21.2 Å². The Balaban J connectivity index is 1.63. The first-order chi connectivity index (χ1) is 15.0. The SMILES string of the molecule is CCn1c(SCC(=O)Nc2cc(Cl)ccc2C#N)nc2cc3ccccc3cc2c1=O. The zero-order valence-corrected chi connectivity index (χ0v) is 18.1. The Hall–Kier alpha value is -3.34. The number of carbonyl (C=O) groups excluding carboxylic acids is 1. The van der Waals surface area contributed by atoms with Crippen molar-refractivity contribution in [3.05, 3.63) is 75.5 Å². The number of hydrogen-bond acceptors (Lipinski definition) is 5. The van der Waals surface area contributed by atoms with E-state index in [-0.39, 0.29) is 17.2 Å². The fourth-order valence-corrected chi connectivity index (χ4v) is 4.35. The van der Waals surface area contributed by atoms with Crippen LogP contribution in [0.15, 0.2) is 64.5 Å². The summed E-state index contributed by atoms with van der Waals surface area (Å²) in [5, 5.41) is 15.3. The molecule has 0 spiro atoms. The quantitative estimate of drug-likeness (QED) is 0.268. The first kappa shape index (κ1) is 20.9. The molecule has 154 valence electrons. The molecule has 8 heteroatoms. The molecule has 0 aliphatic heterocycles. The van der Waals surface area contributed by atoms with Gasteiger partial charge >= 0.3 is 0 Å². The van der Waals surface area contributed by atoms with E-state index in [0.29, 0.717) is 38.9 Å². The Morgan fingerprint density at radius 2 is 1.94 bits per heavy atom. The number of amides is 1. The summed E-state index contributed by atoms with van der Waals surface area (Å²) in [7, 11) is 0. The molecule has 1 heterocycles. The highest BCUT2D eigenvalue weighted by atomic mass is 35.5. The van der Waals surface area contributed by atoms with E-state index >= 15 is 0 Å². The normalized spacial score (nSPS) is 10.9. The molecule has 0 atom stereocenters. The molecule has 3 aromatic carbocycles. The van der Waals surface area contributed by atoms with Crippen LogP contribution < -0.4 is 10.9 Å². The van der Waals surface area contributed by atoms with Crippen LogP contribution in [-0.2, 0) is 11.3 Å². The molecule has 4 aromatic rings. The summed E-state index contributed by atoms with van der Waals surface area (Å²) in [4.78, 5) is 30.2. The first-order valence-electron chi connectivity index (χ1n) is 9.56. The highest BCUT2D eigenvalue weighted by Crippen LogP contribution is 2.24. The summed E-state index contributed by atoms with van der Waals surface area (Å²) >= 11 is 7.15. The maximum atomic E-state index is 13.0. The van der Waals surface area contributed by atoms with Crippen LogP contribution in [0.5, 0.6) is 0 Å². The van der Waals surface area contributed by atoms with E-state index < -0.39 is 0 Å². The number of nitriles is 1. The summed E-state index contributed by atoms with van der Waals surface area (Å²) in [6.07, 6.45) is 0.